The Hall–Kier alpha value is -0.650. The summed E-state index contributed by atoms with van der Waals surface area (Å²) in [4.78, 5) is 13.6. The summed E-state index contributed by atoms with van der Waals surface area (Å²) in [6, 6.07) is 0.706. The molecule has 0 aromatic carbocycles. The number of rotatable bonds is 3. The predicted molar refractivity (Wildman–Crippen MR) is 78.4 cm³/mol. The summed E-state index contributed by atoms with van der Waals surface area (Å²) in [7, 11) is 0. The van der Waals surface area contributed by atoms with Crippen molar-refractivity contribution in [3.63, 3.8) is 0 Å². The van der Waals surface area contributed by atoms with E-state index in [1.54, 1.807) is 0 Å². The maximum absolute atomic E-state index is 11.1. The predicted octanol–water partition coefficient (Wildman–Crippen LogP) is 2.04. The molecule has 2 unspecified atom stereocenters. The molecule has 5 nitrogen and oxygen atoms in total. The van der Waals surface area contributed by atoms with Crippen molar-refractivity contribution in [1.82, 2.24) is 4.90 Å². The molecule has 3 fully saturated rings. The van der Waals surface area contributed by atoms with E-state index in [2.05, 4.69) is 4.90 Å². The highest BCUT2D eigenvalue weighted by atomic mass is 16.5. The zero-order valence-electron chi connectivity index (χ0n) is 12.8. The van der Waals surface area contributed by atoms with Crippen LogP contribution in [-0.4, -0.2) is 60.0 Å². The van der Waals surface area contributed by atoms with Crippen LogP contribution >= 0.6 is 0 Å². The first kappa shape index (κ1) is 15.3. The lowest BCUT2D eigenvalue weighted by molar-refractivity contribution is -0.157. The average Bonchev–Trinajstić information content (AvgIpc) is 2.48. The molecule has 3 saturated heterocycles. The van der Waals surface area contributed by atoms with Crippen LogP contribution < -0.4 is 0 Å². The molecule has 0 aromatic rings. The van der Waals surface area contributed by atoms with Gasteiger partial charge < -0.3 is 14.6 Å². The normalized spacial score (nSPS) is 33.9. The van der Waals surface area contributed by atoms with Gasteiger partial charge in [0.15, 0.2) is 0 Å². The van der Waals surface area contributed by atoms with Crippen molar-refractivity contribution >= 4 is 5.97 Å². The van der Waals surface area contributed by atoms with Crippen LogP contribution in [0.1, 0.15) is 51.4 Å². The van der Waals surface area contributed by atoms with Gasteiger partial charge in [0, 0.05) is 31.9 Å². The van der Waals surface area contributed by atoms with E-state index in [1.165, 1.54) is 6.42 Å². The van der Waals surface area contributed by atoms with Gasteiger partial charge in [-0.3, -0.25) is 9.69 Å². The molecule has 120 valence electrons. The minimum absolute atomic E-state index is 0.00755. The number of ether oxygens (including phenoxy) is 2. The van der Waals surface area contributed by atoms with E-state index in [9.17, 15) is 4.79 Å². The second-order valence-corrected chi connectivity index (χ2v) is 6.78. The zero-order valence-corrected chi connectivity index (χ0v) is 12.8. The molecule has 3 aliphatic rings. The SMILES string of the molecule is O=C(O)CC1CCCCN1C1CCOC2(CCOCC2)C1. The molecule has 0 aliphatic carbocycles. The van der Waals surface area contributed by atoms with E-state index in [0.717, 1.165) is 64.9 Å². The highest BCUT2D eigenvalue weighted by Crippen LogP contribution is 2.38. The maximum Gasteiger partial charge on any atom is 0.304 e. The third-order valence-electron chi connectivity index (χ3n) is 5.42. The molecule has 0 radical (unpaired) electrons. The Morgan fingerprint density at radius 3 is 2.76 bits per heavy atom. The molecule has 1 N–H and O–H groups in total. The summed E-state index contributed by atoms with van der Waals surface area (Å²) in [5.41, 5.74) is -0.00755. The van der Waals surface area contributed by atoms with E-state index in [-0.39, 0.29) is 18.1 Å². The van der Waals surface area contributed by atoms with Crippen LogP contribution in [0.2, 0.25) is 0 Å². The quantitative estimate of drug-likeness (QED) is 0.864. The number of piperidine rings is 1. The summed E-state index contributed by atoms with van der Waals surface area (Å²) in [5, 5.41) is 9.16. The van der Waals surface area contributed by atoms with Gasteiger partial charge in [-0.25, -0.2) is 0 Å². The van der Waals surface area contributed by atoms with Crippen molar-refractivity contribution in [2.24, 2.45) is 0 Å². The molecule has 3 rings (SSSR count). The maximum atomic E-state index is 11.1. The fourth-order valence-corrected chi connectivity index (χ4v) is 4.30. The first-order chi connectivity index (χ1) is 10.2. The minimum atomic E-state index is -0.667. The molecule has 1 spiro atoms. The Bertz CT molecular complexity index is 362. The largest absolute Gasteiger partial charge is 0.481 e. The number of hydrogen-bond acceptors (Lipinski definition) is 4. The van der Waals surface area contributed by atoms with Gasteiger partial charge in [0.25, 0.3) is 0 Å². The van der Waals surface area contributed by atoms with Gasteiger partial charge in [-0.15, -0.1) is 0 Å². The monoisotopic (exact) mass is 297 g/mol. The number of aliphatic carboxylic acids is 1. The van der Waals surface area contributed by atoms with Crippen LogP contribution in [0.5, 0.6) is 0 Å². The molecular weight excluding hydrogens is 270 g/mol. The van der Waals surface area contributed by atoms with Gasteiger partial charge in [-0.2, -0.15) is 0 Å². The number of likely N-dealkylation sites (tertiary alicyclic amines) is 1. The Kier molecular flexibility index (Phi) is 4.82. The Morgan fingerprint density at radius 2 is 2.00 bits per heavy atom. The van der Waals surface area contributed by atoms with Crippen molar-refractivity contribution in [3.8, 4) is 0 Å². The van der Waals surface area contributed by atoms with Crippen LogP contribution in [0.4, 0.5) is 0 Å². The van der Waals surface area contributed by atoms with Gasteiger partial charge in [0.05, 0.1) is 12.0 Å². The molecule has 0 amide bonds. The molecule has 21 heavy (non-hydrogen) atoms. The van der Waals surface area contributed by atoms with Gasteiger partial charge in [-0.1, -0.05) is 6.42 Å². The third kappa shape index (κ3) is 3.58. The lowest BCUT2D eigenvalue weighted by Gasteiger charge is -2.49. The number of hydrogen-bond donors (Lipinski definition) is 1. The number of nitrogens with zero attached hydrogens (tertiary/aromatic N) is 1. The Balaban J connectivity index is 1.67. The van der Waals surface area contributed by atoms with E-state index >= 15 is 0 Å². The molecule has 0 bridgehead atoms. The van der Waals surface area contributed by atoms with Crippen LogP contribution in [-0.2, 0) is 14.3 Å². The lowest BCUT2D eigenvalue weighted by atomic mass is 9.82. The average molecular weight is 297 g/mol. The van der Waals surface area contributed by atoms with Crippen molar-refractivity contribution in [2.75, 3.05) is 26.4 Å². The lowest BCUT2D eigenvalue weighted by Crippen LogP contribution is -2.55. The Labute approximate surface area is 126 Å². The van der Waals surface area contributed by atoms with Gasteiger partial charge in [0.1, 0.15) is 0 Å². The van der Waals surface area contributed by atoms with E-state index in [1.807, 2.05) is 0 Å². The molecule has 5 heteroatoms. The summed E-state index contributed by atoms with van der Waals surface area (Å²) in [6.07, 6.45) is 7.74. The highest BCUT2D eigenvalue weighted by molar-refractivity contribution is 5.67. The zero-order chi connectivity index (χ0) is 14.7. The van der Waals surface area contributed by atoms with Crippen LogP contribution in [0.15, 0.2) is 0 Å². The minimum Gasteiger partial charge on any atom is -0.481 e. The van der Waals surface area contributed by atoms with E-state index in [4.69, 9.17) is 14.6 Å². The third-order valence-corrected chi connectivity index (χ3v) is 5.42. The first-order valence-corrected chi connectivity index (χ1v) is 8.38. The summed E-state index contributed by atoms with van der Waals surface area (Å²) in [5.74, 6) is -0.667. The molecule has 0 saturated carbocycles. The fourth-order valence-electron chi connectivity index (χ4n) is 4.30. The summed E-state index contributed by atoms with van der Waals surface area (Å²) < 4.78 is 11.6. The summed E-state index contributed by atoms with van der Waals surface area (Å²) in [6.45, 7) is 3.45. The van der Waals surface area contributed by atoms with Crippen LogP contribution in [0.3, 0.4) is 0 Å². The number of carboxylic acids is 1. The first-order valence-electron chi connectivity index (χ1n) is 8.38. The van der Waals surface area contributed by atoms with Crippen molar-refractivity contribution < 1.29 is 19.4 Å². The second kappa shape index (κ2) is 6.63. The van der Waals surface area contributed by atoms with Gasteiger partial charge in [0.2, 0.25) is 0 Å². The Morgan fingerprint density at radius 1 is 1.19 bits per heavy atom. The molecule has 0 aromatic heterocycles. The topological polar surface area (TPSA) is 59.0 Å². The molecular formula is C16H27NO4. The van der Waals surface area contributed by atoms with E-state index < -0.39 is 5.97 Å². The van der Waals surface area contributed by atoms with Gasteiger partial charge in [-0.05, 0) is 45.1 Å². The number of carbonyl (C=O) groups is 1. The highest BCUT2D eigenvalue weighted by Gasteiger charge is 2.42. The van der Waals surface area contributed by atoms with Crippen LogP contribution in [0.25, 0.3) is 0 Å². The second-order valence-electron chi connectivity index (χ2n) is 6.78. The molecule has 3 aliphatic heterocycles. The fraction of sp³-hybridized carbons (Fsp3) is 0.938. The van der Waals surface area contributed by atoms with Crippen molar-refractivity contribution in [2.45, 2.75) is 69.1 Å². The number of carboxylic acid groups (broad SMARTS) is 1. The standard InChI is InChI=1S/C16H27NO4/c18-15(19)11-13-3-1-2-7-17(13)14-4-8-21-16(12-14)5-9-20-10-6-16/h13-14H,1-12H2,(H,18,19). The molecule has 2 atom stereocenters. The van der Waals surface area contributed by atoms with Crippen LogP contribution in [0, 0.1) is 0 Å². The summed E-state index contributed by atoms with van der Waals surface area (Å²) >= 11 is 0. The molecule has 3 heterocycles. The van der Waals surface area contributed by atoms with Crippen molar-refractivity contribution in [3.05, 3.63) is 0 Å². The van der Waals surface area contributed by atoms with Crippen molar-refractivity contribution in [1.29, 1.82) is 0 Å². The van der Waals surface area contributed by atoms with Gasteiger partial charge >= 0.3 is 5.97 Å². The van der Waals surface area contributed by atoms with E-state index in [0.29, 0.717) is 6.04 Å². The smallest absolute Gasteiger partial charge is 0.304 e.